The standard InChI is InChI=1S/C25H26N2O5/c1-16(23(29)30)10-13-26-22(28)14-25(11-12-25)27-24(31)32-15-21-19-8-4-2-6-17(19)18-7-3-5-9-20(18)21/h2-10,21H,11-15H2,1H3,(H,26,28)(H,27,31)(H,29,30)/b16-10+. The third-order valence-electron chi connectivity index (χ3n) is 6.11. The van der Waals surface area contributed by atoms with Crippen molar-refractivity contribution in [3.05, 3.63) is 71.3 Å². The molecule has 32 heavy (non-hydrogen) atoms. The summed E-state index contributed by atoms with van der Waals surface area (Å²) < 4.78 is 5.58. The number of aliphatic carboxylic acids is 1. The minimum Gasteiger partial charge on any atom is -0.478 e. The molecular formula is C25H26N2O5. The van der Waals surface area contributed by atoms with Gasteiger partial charge in [0.1, 0.15) is 6.61 Å². The van der Waals surface area contributed by atoms with Crippen LogP contribution in [-0.2, 0) is 14.3 Å². The van der Waals surface area contributed by atoms with Crippen LogP contribution in [0.2, 0.25) is 0 Å². The molecule has 4 rings (SSSR count). The molecule has 0 heterocycles. The summed E-state index contributed by atoms with van der Waals surface area (Å²) >= 11 is 0. The van der Waals surface area contributed by atoms with Gasteiger partial charge in [0.15, 0.2) is 0 Å². The average Bonchev–Trinajstić information content (AvgIpc) is 3.44. The topological polar surface area (TPSA) is 105 Å². The zero-order valence-corrected chi connectivity index (χ0v) is 17.9. The summed E-state index contributed by atoms with van der Waals surface area (Å²) in [5, 5.41) is 14.4. The molecule has 0 unspecified atom stereocenters. The average molecular weight is 434 g/mol. The Morgan fingerprint density at radius 3 is 2.22 bits per heavy atom. The van der Waals surface area contributed by atoms with E-state index in [1.807, 2.05) is 24.3 Å². The minimum absolute atomic E-state index is 0.0177. The molecule has 0 radical (unpaired) electrons. The summed E-state index contributed by atoms with van der Waals surface area (Å²) in [7, 11) is 0. The van der Waals surface area contributed by atoms with E-state index in [2.05, 4.69) is 34.9 Å². The molecular weight excluding hydrogens is 408 g/mol. The Labute approximate surface area is 186 Å². The van der Waals surface area contributed by atoms with Crippen molar-refractivity contribution in [1.29, 1.82) is 0 Å². The summed E-state index contributed by atoms with van der Waals surface area (Å²) in [6.07, 6.45) is 2.46. The molecule has 7 heteroatoms. The molecule has 2 aliphatic carbocycles. The molecule has 2 aromatic carbocycles. The SMILES string of the molecule is C/C(=C\CNC(=O)CC1(NC(=O)OCC2c3ccccc3-c3ccccc32)CC1)C(=O)O. The van der Waals surface area contributed by atoms with Crippen LogP contribution in [0.15, 0.2) is 60.2 Å². The Kier molecular flexibility index (Phi) is 5.99. The maximum Gasteiger partial charge on any atom is 0.407 e. The van der Waals surface area contributed by atoms with Gasteiger partial charge in [0.05, 0.1) is 5.54 Å². The van der Waals surface area contributed by atoms with E-state index in [1.54, 1.807) is 0 Å². The van der Waals surface area contributed by atoms with E-state index >= 15 is 0 Å². The summed E-state index contributed by atoms with van der Waals surface area (Å²) in [5.74, 6) is -1.28. The van der Waals surface area contributed by atoms with E-state index in [4.69, 9.17) is 9.84 Å². The molecule has 0 bridgehead atoms. The Hall–Kier alpha value is -3.61. The van der Waals surface area contributed by atoms with Crippen LogP contribution in [0.5, 0.6) is 0 Å². The van der Waals surface area contributed by atoms with Gasteiger partial charge < -0.3 is 20.5 Å². The number of hydrogen-bond donors (Lipinski definition) is 3. The molecule has 3 N–H and O–H groups in total. The molecule has 166 valence electrons. The van der Waals surface area contributed by atoms with Crippen LogP contribution < -0.4 is 10.6 Å². The molecule has 7 nitrogen and oxygen atoms in total. The lowest BCUT2D eigenvalue weighted by molar-refractivity contribution is -0.132. The van der Waals surface area contributed by atoms with Gasteiger partial charge in [0.25, 0.3) is 0 Å². The molecule has 2 aliphatic rings. The normalized spacial score (nSPS) is 16.0. The number of rotatable bonds is 8. The maximum absolute atomic E-state index is 12.5. The summed E-state index contributed by atoms with van der Waals surface area (Å²) in [6, 6.07) is 16.3. The summed E-state index contributed by atoms with van der Waals surface area (Å²) in [6.45, 7) is 1.83. The van der Waals surface area contributed by atoms with Gasteiger partial charge in [0.2, 0.25) is 5.91 Å². The zero-order chi connectivity index (χ0) is 22.7. The van der Waals surface area contributed by atoms with Crippen molar-refractivity contribution < 1.29 is 24.2 Å². The predicted molar refractivity (Wildman–Crippen MR) is 119 cm³/mol. The third-order valence-corrected chi connectivity index (χ3v) is 6.11. The van der Waals surface area contributed by atoms with Gasteiger partial charge in [-0.3, -0.25) is 4.79 Å². The zero-order valence-electron chi connectivity index (χ0n) is 17.9. The molecule has 0 atom stereocenters. The van der Waals surface area contributed by atoms with Crippen LogP contribution in [-0.4, -0.2) is 41.8 Å². The van der Waals surface area contributed by atoms with Gasteiger partial charge in [-0.2, -0.15) is 0 Å². The molecule has 0 saturated heterocycles. The number of amides is 2. The first-order valence-corrected chi connectivity index (χ1v) is 10.7. The smallest absolute Gasteiger partial charge is 0.407 e. The number of benzene rings is 2. The Morgan fingerprint density at radius 1 is 1.06 bits per heavy atom. The first-order valence-electron chi connectivity index (χ1n) is 10.7. The van der Waals surface area contributed by atoms with Crippen molar-refractivity contribution in [3.63, 3.8) is 0 Å². The maximum atomic E-state index is 12.5. The quantitative estimate of drug-likeness (QED) is 0.551. The number of alkyl carbamates (subject to hydrolysis) is 1. The van der Waals surface area contributed by atoms with Crippen LogP contribution in [0.3, 0.4) is 0 Å². The monoisotopic (exact) mass is 434 g/mol. The molecule has 2 aromatic rings. The van der Waals surface area contributed by atoms with Crippen LogP contribution in [0, 0.1) is 0 Å². The second-order valence-corrected chi connectivity index (χ2v) is 8.40. The lowest BCUT2D eigenvalue weighted by Crippen LogP contribution is -2.41. The third kappa shape index (κ3) is 4.66. The van der Waals surface area contributed by atoms with Crippen molar-refractivity contribution in [2.24, 2.45) is 0 Å². The summed E-state index contributed by atoms with van der Waals surface area (Å²) in [5.41, 5.74) is 4.21. The number of fused-ring (bicyclic) bond motifs is 3. The Balaban J connectivity index is 1.30. The van der Waals surface area contributed by atoms with Crippen LogP contribution >= 0.6 is 0 Å². The van der Waals surface area contributed by atoms with Crippen LogP contribution in [0.25, 0.3) is 11.1 Å². The second-order valence-electron chi connectivity index (χ2n) is 8.40. The highest BCUT2D eigenvalue weighted by molar-refractivity contribution is 5.86. The van der Waals surface area contributed by atoms with E-state index in [1.165, 1.54) is 24.1 Å². The van der Waals surface area contributed by atoms with Crippen LogP contribution in [0.4, 0.5) is 4.79 Å². The number of carboxylic acids is 1. The molecule has 1 saturated carbocycles. The highest BCUT2D eigenvalue weighted by atomic mass is 16.5. The summed E-state index contributed by atoms with van der Waals surface area (Å²) in [4.78, 5) is 35.5. The van der Waals surface area contributed by atoms with E-state index in [-0.39, 0.29) is 37.0 Å². The Morgan fingerprint density at radius 2 is 1.66 bits per heavy atom. The van der Waals surface area contributed by atoms with Gasteiger partial charge >= 0.3 is 12.1 Å². The highest BCUT2D eigenvalue weighted by Crippen LogP contribution is 2.44. The first kappa shape index (κ1) is 21.6. The lowest BCUT2D eigenvalue weighted by atomic mass is 9.98. The Bertz CT molecular complexity index is 1040. The van der Waals surface area contributed by atoms with E-state index in [0.717, 1.165) is 11.1 Å². The lowest BCUT2D eigenvalue weighted by Gasteiger charge is -2.19. The van der Waals surface area contributed by atoms with Crippen molar-refractivity contribution >= 4 is 18.0 Å². The van der Waals surface area contributed by atoms with Crippen molar-refractivity contribution in [1.82, 2.24) is 10.6 Å². The second kappa shape index (κ2) is 8.86. The van der Waals surface area contributed by atoms with Gasteiger partial charge in [-0.15, -0.1) is 0 Å². The van der Waals surface area contributed by atoms with Crippen molar-refractivity contribution in [2.75, 3.05) is 13.2 Å². The predicted octanol–water partition coefficient (Wildman–Crippen LogP) is 3.59. The van der Waals surface area contributed by atoms with Gasteiger partial charge in [-0.25, -0.2) is 9.59 Å². The number of hydrogen-bond acceptors (Lipinski definition) is 4. The fraction of sp³-hybridized carbons (Fsp3) is 0.320. The number of carbonyl (C=O) groups is 3. The molecule has 0 spiro atoms. The molecule has 0 aromatic heterocycles. The number of carboxylic acid groups (broad SMARTS) is 1. The molecule has 2 amide bonds. The van der Waals surface area contributed by atoms with Gasteiger partial charge in [-0.1, -0.05) is 54.6 Å². The fourth-order valence-electron chi connectivity index (χ4n) is 4.12. The van der Waals surface area contributed by atoms with E-state index in [0.29, 0.717) is 12.8 Å². The minimum atomic E-state index is -1.02. The van der Waals surface area contributed by atoms with E-state index < -0.39 is 17.6 Å². The molecule has 0 aliphatic heterocycles. The largest absolute Gasteiger partial charge is 0.478 e. The van der Waals surface area contributed by atoms with Crippen molar-refractivity contribution in [2.45, 2.75) is 37.6 Å². The van der Waals surface area contributed by atoms with Gasteiger partial charge in [-0.05, 0) is 42.0 Å². The number of carbonyl (C=O) groups excluding carboxylic acids is 2. The number of ether oxygens (including phenoxy) is 1. The first-order chi connectivity index (χ1) is 15.4. The fourth-order valence-corrected chi connectivity index (χ4v) is 4.12. The van der Waals surface area contributed by atoms with Crippen molar-refractivity contribution in [3.8, 4) is 11.1 Å². The highest BCUT2D eigenvalue weighted by Gasteiger charge is 2.46. The van der Waals surface area contributed by atoms with Crippen LogP contribution in [0.1, 0.15) is 43.2 Å². The van der Waals surface area contributed by atoms with E-state index in [9.17, 15) is 14.4 Å². The van der Waals surface area contributed by atoms with Gasteiger partial charge in [0, 0.05) is 24.5 Å². The number of nitrogens with one attached hydrogen (secondary N) is 2. The molecule has 1 fully saturated rings.